The monoisotopic (exact) mass is 1140 g/mol. The summed E-state index contributed by atoms with van der Waals surface area (Å²) in [5, 5.41) is 0. The molecule has 0 aromatic heterocycles. The van der Waals surface area contributed by atoms with Gasteiger partial charge in [-0.3, -0.25) is 0 Å². The van der Waals surface area contributed by atoms with Crippen molar-refractivity contribution in [3.63, 3.8) is 0 Å². The zero-order chi connectivity index (χ0) is 0. The Bertz CT molecular complexity index is 21.3. The van der Waals surface area contributed by atoms with Gasteiger partial charge in [-0.1, -0.05) is 0 Å². The fourth-order valence-electron chi connectivity index (χ4n) is 0. The van der Waals surface area contributed by atoms with E-state index in [-0.39, 0.29) is 240 Å². The van der Waals surface area contributed by atoms with Crippen LogP contribution in [0.3, 0.4) is 0 Å². The van der Waals surface area contributed by atoms with Crippen molar-refractivity contribution in [1.29, 1.82) is 0 Å². The van der Waals surface area contributed by atoms with E-state index >= 15 is 0 Å². The largest absolute Gasteiger partial charge is 4.00 e. The fourth-order valence-corrected chi connectivity index (χ4v) is 0. The van der Waals surface area contributed by atoms with Gasteiger partial charge in [0.1, 0.15) is 0 Å². The molecule has 0 unspecified atom stereocenters. The molecule has 0 radical (unpaired) electrons. The summed E-state index contributed by atoms with van der Waals surface area (Å²) in [6, 6.07) is 0. The molecule has 0 spiro atoms. The van der Waals surface area contributed by atoms with Gasteiger partial charge in [0.25, 0.3) is 0 Å². The number of hydrogen-bond acceptors (Lipinski definition) is 0. The average molecular weight is 1130 g/mol. The Balaban J connectivity index is 0. The first-order chi connectivity index (χ1) is 0. The van der Waals surface area contributed by atoms with Crippen LogP contribution in [0, 0.1) is 0 Å². The third-order valence-corrected chi connectivity index (χ3v) is 0. The average Bonchev–Trinajstić information content (AvgIpc) is 0. The Kier molecular flexibility index (Phi) is 1750. The van der Waals surface area contributed by atoms with Crippen molar-refractivity contribution in [2.24, 2.45) is 0 Å². The summed E-state index contributed by atoms with van der Waals surface area (Å²) < 4.78 is 0. The predicted molar refractivity (Wildman–Crippen MR) is 69.2 cm³/mol. The molecule has 0 aromatic rings. The zero-order valence-corrected chi connectivity index (χ0v) is 32.9. The van der Waals surface area contributed by atoms with Crippen molar-refractivity contribution >= 4 is 99.0 Å². The quantitative estimate of drug-likeness (QED) is 0.169. The van der Waals surface area contributed by atoms with E-state index in [1.165, 1.54) is 0 Å². The van der Waals surface area contributed by atoms with Crippen molar-refractivity contribution < 1.29 is 141 Å². The van der Waals surface area contributed by atoms with Crippen LogP contribution in [0.15, 0.2) is 0 Å². The second kappa shape index (κ2) is 157. The van der Waals surface area contributed by atoms with Gasteiger partial charge in [-0.25, -0.2) is 0 Å². The van der Waals surface area contributed by atoms with E-state index in [2.05, 4.69) is 0 Å². The van der Waals surface area contributed by atoms with Crippen LogP contribution in [0.25, 0.3) is 0 Å². The maximum atomic E-state index is 0. The predicted octanol–water partition coefficient (Wildman–Crippen LogP) is 8.60. The summed E-state index contributed by atoms with van der Waals surface area (Å²) in [4.78, 5) is 0. The first-order valence-corrected chi connectivity index (χ1v) is 0. The molecule has 0 aliphatic heterocycles. The van der Waals surface area contributed by atoms with Gasteiger partial charge in [-0.2, -0.15) is 0 Å². The summed E-state index contributed by atoms with van der Waals surface area (Å²) in [6.07, 6.45) is 0. The van der Waals surface area contributed by atoms with Crippen LogP contribution in [0.2, 0.25) is 0 Å². The number of hydrogen-bond donors (Lipinski definition) is 0. The van der Waals surface area contributed by atoms with E-state index in [0.29, 0.717) is 0 Å². The molecule has 0 fully saturated rings. The van der Waals surface area contributed by atoms with Crippen LogP contribution in [-0.2, 0) is 141 Å². The molecule has 16 heavy (non-hydrogen) atoms. The molecule has 0 saturated carbocycles. The van der Waals surface area contributed by atoms with Crippen LogP contribution in [0.5, 0.6) is 0 Å². The van der Waals surface area contributed by atoms with Crippen LogP contribution in [0.4, 0.5) is 0 Å². The molecule has 0 nitrogen and oxygen atoms in total. The molecule has 98 valence electrons. The van der Waals surface area contributed by atoms with Crippen molar-refractivity contribution in [1.82, 2.24) is 0 Å². The summed E-state index contributed by atoms with van der Waals surface area (Å²) >= 11 is 0. The van der Waals surface area contributed by atoms with Crippen LogP contribution in [0.1, 0.15) is 0 Å². The molecule has 0 bridgehead atoms. The van der Waals surface area contributed by atoms with Gasteiger partial charge >= 0.3 is 77.5 Å². The molecule has 0 heterocycles. The standard InChI is InChI=1S/3Hf.3Mo.10P/q3*+4;;;;10*-3. The molecule has 0 aliphatic rings. The van der Waals surface area contributed by atoms with E-state index < -0.39 is 0 Å². The topological polar surface area (TPSA) is 0 Å². The Morgan fingerprint density at radius 1 is 0.188 bits per heavy atom. The second-order valence-corrected chi connectivity index (χ2v) is 0. The fraction of sp³-hybridized carbons (Fsp3) is 0. The van der Waals surface area contributed by atoms with E-state index in [0.717, 1.165) is 0 Å². The first-order valence-electron chi connectivity index (χ1n) is 0. The molecule has 16 heteroatoms. The van der Waals surface area contributed by atoms with E-state index in [1.807, 2.05) is 0 Å². The first kappa shape index (κ1) is 178. The Labute approximate surface area is 235 Å². The molecule has 0 amide bonds. The van der Waals surface area contributed by atoms with Crippen LogP contribution < -0.4 is 0 Å². The minimum Gasteiger partial charge on any atom is -3.00 e. The Morgan fingerprint density at radius 2 is 0.188 bits per heavy atom. The minimum absolute atomic E-state index is 0. The normalized spacial score (nSPS) is 0. The third-order valence-electron chi connectivity index (χ3n) is 0. The number of rotatable bonds is 0. The molecule has 0 aromatic carbocycles. The summed E-state index contributed by atoms with van der Waals surface area (Å²) in [5.74, 6) is 0. The molecule has 0 atom stereocenters. The van der Waals surface area contributed by atoms with Crippen LogP contribution >= 0.6 is 99.0 Å². The van der Waals surface area contributed by atoms with Crippen LogP contribution in [-0.4, -0.2) is 0 Å². The Hall–Kier alpha value is 8.98. The van der Waals surface area contributed by atoms with Gasteiger partial charge in [-0.05, 0) is 0 Å². The van der Waals surface area contributed by atoms with E-state index in [9.17, 15) is 0 Å². The Morgan fingerprint density at radius 3 is 0.188 bits per heavy atom. The van der Waals surface area contributed by atoms with E-state index in [1.54, 1.807) is 0 Å². The van der Waals surface area contributed by atoms with Gasteiger partial charge in [0.2, 0.25) is 0 Å². The summed E-state index contributed by atoms with van der Waals surface area (Å²) in [6.45, 7) is 0. The molecular formula is Hf3Mo3P10-18. The second-order valence-electron chi connectivity index (χ2n) is 0. The van der Waals surface area contributed by atoms with Gasteiger partial charge in [-0.15, -0.1) is 0 Å². The molecular weight excluding hydrogens is 1130 g/mol. The van der Waals surface area contributed by atoms with Gasteiger partial charge in [0, 0.05) is 63.2 Å². The molecule has 0 rings (SSSR count). The van der Waals surface area contributed by atoms with Crippen molar-refractivity contribution in [2.75, 3.05) is 0 Å². The van der Waals surface area contributed by atoms with Gasteiger partial charge in [0.05, 0.1) is 0 Å². The van der Waals surface area contributed by atoms with Gasteiger partial charge in [0.15, 0.2) is 0 Å². The smallest absolute Gasteiger partial charge is 3.00 e. The summed E-state index contributed by atoms with van der Waals surface area (Å²) in [7, 11) is 0. The molecule has 0 N–H and O–H groups in total. The maximum Gasteiger partial charge on any atom is 4.00 e. The maximum absolute atomic E-state index is 0. The molecule has 0 aliphatic carbocycles. The minimum atomic E-state index is 0. The van der Waals surface area contributed by atoms with Crippen molar-refractivity contribution in [3.05, 3.63) is 0 Å². The molecule has 0 saturated heterocycles. The SMILES string of the molecule is [Hf+4].[Hf+4].[Hf+4].[Mo].[Mo].[Mo].[P-3].[P-3].[P-3].[P-3].[P-3].[P-3].[P-3].[P-3].[P-3].[P-3]. The summed E-state index contributed by atoms with van der Waals surface area (Å²) in [5.41, 5.74) is 0. The van der Waals surface area contributed by atoms with Crippen molar-refractivity contribution in [3.8, 4) is 0 Å². The van der Waals surface area contributed by atoms with E-state index in [4.69, 9.17) is 0 Å². The zero-order valence-electron chi connectivity index (χ0n) is 7.20. The van der Waals surface area contributed by atoms with Crippen molar-refractivity contribution in [2.45, 2.75) is 0 Å². The van der Waals surface area contributed by atoms with Gasteiger partial charge < -0.3 is 99.0 Å². The third kappa shape index (κ3) is 138.